The normalized spacial score (nSPS) is 16.4. The van der Waals surface area contributed by atoms with Crippen LogP contribution in [0.2, 0.25) is 0 Å². The largest absolute Gasteiger partial charge is 0.468 e. The van der Waals surface area contributed by atoms with Crippen molar-refractivity contribution in [2.75, 3.05) is 26.2 Å². The lowest BCUT2D eigenvalue weighted by Crippen LogP contribution is -2.35. The molecule has 0 atom stereocenters. The fraction of sp³-hybridized carbons (Fsp3) is 0.353. The lowest BCUT2D eigenvalue weighted by molar-refractivity contribution is 0.0761. The van der Waals surface area contributed by atoms with E-state index in [1.807, 2.05) is 17.0 Å². The summed E-state index contributed by atoms with van der Waals surface area (Å²) in [7, 11) is 0. The number of benzene rings is 1. The van der Waals surface area contributed by atoms with Gasteiger partial charge in [0.1, 0.15) is 16.8 Å². The second-order valence-electron chi connectivity index (χ2n) is 5.97. The summed E-state index contributed by atoms with van der Waals surface area (Å²) in [6.07, 6.45) is 2.64. The molecular weight excluding hydrogens is 308 g/mol. The summed E-state index contributed by atoms with van der Waals surface area (Å²) in [4.78, 5) is 17.0. The molecule has 7 heteroatoms. The highest BCUT2D eigenvalue weighted by Crippen LogP contribution is 2.15. The van der Waals surface area contributed by atoms with Crippen LogP contribution < -0.4 is 0 Å². The van der Waals surface area contributed by atoms with Crippen LogP contribution in [-0.4, -0.2) is 52.2 Å². The molecule has 1 aliphatic heterocycles. The lowest BCUT2D eigenvalue weighted by Gasteiger charge is -2.21. The van der Waals surface area contributed by atoms with E-state index in [0.717, 1.165) is 38.4 Å². The summed E-state index contributed by atoms with van der Waals surface area (Å²) in [5.74, 6) is 0.985. The first kappa shape index (κ1) is 14.9. The summed E-state index contributed by atoms with van der Waals surface area (Å²) in [6.45, 7) is 4.03. The van der Waals surface area contributed by atoms with Crippen molar-refractivity contribution in [3.63, 3.8) is 0 Å². The Morgan fingerprint density at radius 3 is 2.88 bits per heavy atom. The zero-order valence-electron chi connectivity index (χ0n) is 13.2. The number of amides is 1. The third-order valence-electron chi connectivity index (χ3n) is 4.34. The van der Waals surface area contributed by atoms with Gasteiger partial charge in [0.25, 0.3) is 5.91 Å². The molecule has 0 saturated carbocycles. The summed E-state index contributed by atoms with van der Waals surface area (Å²) in [5.41, 5.74) is 1.89. The molecule has 0 aliphatic carbocycles. The maximum absolute atomic E-state index is 12.8. The van der Waals surface area contributed by atoms with Gasteiger partial charge in [0.2, 0.25) is 0 Å². The lowest BCUT2D eigenvalue weighted by atomic mass is 10.1. The van der Waals surface area contributed by atoms with Gasteiger partial charge in [-0.1, -0.05) is 0 Å². The van der Waals surface area contributed by atoms with Crippen molar-refractivity contribution in [2.24, 2.45) is 0 Å². The molecular formula is C17H18N4O3. The van der Waals surface area contributed by atoms with Crippen LogP contribution in [0.3, 0.4) is 0 Å². The molecule has 124 valence electrons. The van der Waals surface area contributed by atoms with E-state index in [-0.39, 0.29) is 5.91 Å². The van der Waals surface area contributed by atoms with Crippen LogP contribution in [0.5, 0.6) is 0 Å². The van der Waals surface area contributed by atoms with Gasteiger partial charge in [-0.3, -0.25) is 9.69 Å². The smallest absolute Gasteiger partial charge is 0.253 e. The maximum Gasteiger partial charge on any atom is 0.253 e. The van der Waals surface area contributed by atoms with Gasteiger partial charge in [-0.15, -0.1) is 0 Å². The first-order valence-corrected chi connectivity index (χ1v) is 8.06. The number of hydrogen-bond donors (Lipinski definition) is 0. The average Bonchev–Trinajstić information content (AvgIpc) is 3.22. The molecule has 1 aliphatic rings. The molecule has 1 amide bonds. The van der Waals surface area contributed by atoms with E-state index in [9.17, 15) is 4.79 Å². The van der Waals surface area contributed by atoms with Gasteiger partial charge in [-0.25, -0.2) is 4.63 Å². The third-order valence-corrected chi connectivity index (χ3v) is 4.34. The fourth-order valence-corrected chi connectivity index (χ4v) is 3.05. The predicted octanol–water partition coefficient (Wildman–Crippen LogP) is 2.16. The van der Waals surface area contributed by atoms with Crippen LogP contribution >= 0.6 is 0 Å². The molecule has 4 rings (SSSR count). The minimum atomic E-state index is 0.0275. The molecule has 0 N–H and O–H groups in total. The van der Waals surface area contributed by atoms with E-state index in [1.165, 1.54) is 0 Å². The Morgan fingerprint density at radius 1 is 1.08 bits per heavy atom. The first-order chi connectivity index (χ1) is 11.8. The second-order valence-corrected chi connectivity index (χ2v) is 5.97. The van der Waals surface area contributed by atoms with E-state index < -0.39 is 0 Å². The molecule has 24 heavy (non-hydrogen) atoms. The van der Waals surface area contributed by atoms with Gasteiger partial charge in [0, 0.05) is 31.7 Å². The van der Waals surface area contributed by atoms with Crippen LogP contribution in [0.15, 0.2) is 45.6 Å². The number of hydrogen-bond acceptors (Lipinski definition) is 6. The Bertz CT molecular complexity index is 827. The highest BCUT2D eigenvalue weighted by molar-refractivity contribution is 5.97. The van der Waals surface area contributed by atoms with Crippen LogP contribution in [-0.2, 0) is 6.54 Å². The van der Waals surface area contributed by atoms with Crippen LogP contribution in [0, 0.1) is 0 Å². The minimum Gasteiger partial charge on any atom is -0.468 e. The molecule has 3 aromatic rings. The van der Waals surface area contributed by atoms with Crippen molar-refractivity contribution < 1.29 is 13.8 Å². The quantitative estimate of drug-likeness (QED) is 0.734. The average molecular weight is 326 g/mol. The van der Waals surface area contributed by atoms with E-state index in [1.54, 1.807) is 24.5 Å². The first-order valence-electron chi connectivity index (χ1n) is 8.06. The predicted molar refractivity (Wildman–Crippen MR) is 86.3 cm³/mol. The number of fused-ring (bicyclic) bond motifs is 1. The molecule has 0 unspecified atom stereocenters. The van der Waals surface area contributed by atoms with E-state index in [2.05, 4.69) is 19.8 Å². The topological polar surface area (TPSA) is 75.6 Å². The zero-order valence-corrected chi connectivity index (χ0v) is 13.2. The van der Waals surface area contributed by atoms with Crippen LogP contribution in [0.1, 0.15) is 22.5 Å². The molecule has 0 spiro atoms. The molecule has 2 aromatic heterocycles. The van der Waals surface area contributed by atoms with Crippen molar-refractivity contribution in [1.82, 2.24) is 20.1 Å². The number of rotatable bonds is 3. The Hall–Kier alpha value is -2.67. The summed E-state index contributed by atoms with van der Waals surface area (Å²) in [6, 6.07) is 9.16. The zero-order chi connectivity index (χ0) is 16.4. The standard InChI is InChI=1S/C17H18N4O3/c22-17(13-4-5-15-16(11-13)19-24-18-15)21-7-2-6-20(8-9-21)12-14-3-1-10-23-14/h1,3-5,10-11H,2,6-9,12H2. The van der Waals surface area contributed by atoms with Gasteiger partial charge in [0.15, 0.2) is 0 Å². The number of nitrogens with zero attached hydrogens (tertiary/aromatic N) is 4. The number of furan rings is 1. The van der Waals surface area contributed by atoms with Crippen LogP contribution in [0.25, 0.3) is 11.0 Å². The molecule has 1 saturated heterocycles. The molecule has 0 bridgehead atoms. The Balaban J connectivity index is 1.43. The van der Waals surface area contributed by atoms with E-state index in [0.29, 0.717) is 23.1 Å². The molecule has 1 aromatic carbocycles. The fourth-order valence-electron chi connectivity index (χ4n) is 3.05. The Morgan fingerprint density at radius 2 is 2.00 bits per heavy atom. The Kier molecular flexibility index (Phi) is 4.00. The highest BCUT2D eigenvalue weighted by Gasteiger charge is 2.21. The second kappa shape index (κ2) is 6.45. The monoisotopic (exact) mass is 326 g/mol. The molecule has 1 fully saturated rings. The number of aromatic nitrogens is 2. The van der Waals surface area contributed by atoms with Gasteiger partial charge >= 0.3 is 0 Å². The van der Waals surface area contributed by atoms with Gasteiger partial charge in [-0.2, -0.15) is 0 Å². The summed E-state index contributed by atoms with van der Waals surface area (Å²) >= 11 is 0. The minimum absolute atomic E-state index is 0.0275. The highest BCUT2D eigenvalue weighted by atomic mass is 16.6. The van der Waals surface area contributed by atoms with Crippen molar-refractivity contribution in [3.05, 3.63) is 47.9 Å². The van der Waals surface area contributed by atoms with Crippen molar-refractivity contribution in [1.29, 1.82) is 0 Å². The third kappa shape index (κ3) is 3.03. The van der Waals surface area contributed by atoms with E-state index in [4.69, 9.17) is 4.42 Å². The number of carbonyl (C=O) groups is 1. The Labute approximate surface area is 138 Å². The number of carbonyl (C=O) groups excluding carboxylic acids is 1. The van der Waals surface area contributed by atoms with Crippen LogP contribution in [0.4, 0.5) is 0 Å². The molecule has 3 heterocycles. The summed E-state index contributed by atoms with van der Waals surface area (Å²) in [5, 5.41) is 7.57. The van der Waals surface area contributed by atoms with Gasteiger partial charge in [0.05, 0.1) is 12.8 Å². The molecule has 0 radical (unpaired) electrons. The maximum atomic E-state index is 12.8. The van der Waals surface area contributed by atoms with Gasteiger partial charge in [-0.05, 0) is 47.1 Å². The summed E-state index contributed by atoms with van der Waals surface area (Å²) < 4.78 is 10.1. The van der Waals surface area contributed by atoms with Crippen molar-refractivity contribution in [3.8, 4) is 0 Å². The van der Waals surface area contributed by atoms with Gasteiger partial charge < -0.3 is 9.32 Å². The van der Waals surface area contributed by atoms with Crippen molar-refractivity contribution >= 4 is 16.9 Å². The van der Waals surface area contributed by atoms with Crippen molar-refractivity contribution in [2.45, 2.75) is 13.0 Å². The SMILES string of the molecule is O=C(c1ccc2nonc2c1)N1CCCN(Cc2ccco2)CC1. The molecule has 7 nitrogen and oxygen atoms in total. The van der Waals surface area contributed by atoms with E-state index >= 15 is 0 Å².